The van der Waals surface area contributed by atoms with E-state index in [4.69, 9.17) is 4.74 Å². The largest absolute Gasteiger partial charge is 0.481 e. The molecule has 0 saturated heterocycles. The number of hydrogen-bond donors (Lipinski definition) is 2. The third-order valence-electron chi connectivity index (χ3n) is 4.60. The van der Waals surface area contributed by atoms with Crippen LogP contribution in [0.1, 0.15) is 66.7 Å². The van der Waals surface area contributed by atoms with Crippen LogP contribution >= 0.6 is 0 Å². The summed E-state index contributed by atoms with van der Waals surface area (Å²) in [6, 6.07) is 0. The highest BCUT2D eigenvalue weighted by atomic mass is 16.6. The van der Waals surface area contributed by atoms with Crippen LogP contribution in [0.15, 0.2) is 0 Å². The van der Waals surface area contributed by atoms with Crippen LogP contribution in [0.5, 0.6) is 0 Å². The maximum absolute atomic E-state index is 11.7. The molecule has 0 heterocycles. The Bertz CT molecular complexity index is 390. The summed E-state index contributed by atoms with van der Waals surface area (Å²) in [5.41, 5.74) is -1.13. The van der Waals surface area contributed by atoms with Crippen molar-refractivity contribution >= 4 is 12.1 Å². The van der Waals surface area contributed by atoms with Gasteiger partial charge in [0.15, 0.2) is 0 Å². The van der Waals surface area contributed by atoms with Gasteiger partial charge in [0.05, 0.1) is 5.41 Å². The third-order valence-corrected chi connectivity index (χ3v) is 4.60. The smallest absolute Gasteiger partial charge is 0.407 e. The van der Waals surface area contributed by atoms with Crippen LogP contribution in [0.25, 0.3) is 0 Å². The Labute approximate surface area is 127 Å². The van der Waals surface area contributed by atoms with Crippen molar-refractivity contribution in [3.63, 3.8) is 0 Å². The monoisotopic (exact) mass is 299 g/mol. The van der Waals surface area contributed by atoms with Gasteiger partial charge in [0, 0.05) is 6.54 Å². The number of carbonyl (C=O) groups is 2. The van der Waals surface area contributed by atoms with Crippen LogP contribution in [0.2, 0.25) is 0 Å². The number of amides is 1. The lowest BCUT2D eigenvalue weighted by Crippen LogP contribution is -2.44. The van der Waals surface area contributed by atoms with E-state index < -0.39 is 23.1 Å². The highest BCUT2D eigenvalue weighted by Crippen LogP contribution is 2.47. The van der Waals surface area contributed by atoms with Crippen molar-refractivity contribution in [2.75, 3.05) is 6.54 Å². The number of carboxylic acids is 1. The number of alkyl carbamates (subject to hydrolysis) is 1. The molecule has 5 heteroatoms. The molecule has 0 spiro atoms. The highest BCUT2D eigenvalue weighted by Gasteiger charge is 2.44. The van der Waals surface area contributed by atoms with E-state index in [1.807, 2.05) is 27.7 Å². The minimum atomic E-state index is -0.688. The number of rotatable bonds is 4. The van der Waals surface area contributed by atoms with Crippen molar-refractivity contribution in [1.82, 2.24) is 5.32 Å². The molecule has 1 amide bonds. The standard InChI is InChI=1S/C16H29NO4/c1-6-16(12(18)19)9-7-15(5,8-10-16)11-17-13(20)21-14(2,3)4/h6-11H2,1-5H3,(H,17,20)(H,18,19)/t15-,16+. The lowest BCUT2D eigenvalue weighted by atomic mass is 9.63. The first kappa shape index (κ1) is 17.8. The van der Waals surface area contributed by atoms with Crippen LogP contribution < -0.4 is 5.32 Å². The van der Waals surface area contributed by atoms with E-state index in [1.165, 1.54) is 0 Å². The number of carbonyl (C=O) groups excluding carboxylic acids is 1. The summed E-state index contributed by atoms with van der Waals surface area (Å²) in [5.74, 6) is -0.688. The van der Waals surface area contributed by atoms with E-state index in [0.717, 1.165) is 12.8 Å². The first-order valence-electron chi connectivity index (χ1n) is 7.72. The van der Waals surface area contributed by atoms with Gasteiger partial charge < -0.3 is 15.2 Å². The average Bonchev–Trinajstić information content (AvgIpc) is 2.36. The summed E-state index contributed by atoms with van der Waals surface area (Å²) in [6.45, 7) is 10.1. The van der Waals surface area contributed by atoms with Crippen LogP contribution in [-0.4, -0.2) is 29.3 Å². The number of ether oxygens (including phenoxy) is 1. The maximum Gasteiger partial charge on any atom is 0.407 e. The van der Waals surface area contributed by atoms with E-state index in [2.05, 4.69) is 12.2 Å². The fraction of sp³-hybridized carbons (Fsp3) is 0.875. The molecule has 0 bridgehead atoms. The Balaban J connectivity index is 2.51. The second-order valence-electron chi connectivity index (χ2n) is 7.61. The van der Waals surface area contributed by atoms with E-state index >= 15 is 0 Å². The highest BCUT2D eigenvalue weighted by molar-refractivity contribution is 5.74. The van der Waals surface area contributed by atoms with Crippen LogP contribution in [0, 0.1) is 10.8 Å². The Morgan fingerprint density at radius 2 is 1.71 bits per heavy atom. The van der Waals surface area contributed by atoms with Crippen molar-refractivity contribution in [1.29, 1.82) is 0 Å². The topological polar surface area (TPSA) is 75.6 Å². The molecule has 0 atom stereocenters. The zero-order valence-corrected chi connectivity index (χ0v) is 13.9. The molecule has 0 radical (unpaired) electrons. The van der Waals surface area contributed by atoms with E-state index in [9.17, 15) is 14.7 Å². The van der Waals surface area contributed by atoms with Crippen molar-refractivity contribution in [2.24, 2.45) is 10.8 Å². The van der Waals surface area contributed by atoms with Gasteiger partial charge in [-0.15, -0.1) is 0 Å². The predicted molar refractivity (Wildman–Crippen MR) is 81.2 cm³/mol. The molecule has 0 aromatic heterocycles. The molecule has 0 aromatic rings. The quantitative estimate of drug-likeness (QED) is 0.832. The molecular formula is C16H29NO4. The predicted octanol–water partition coefficient (Wildman–Crippen LogP) is 3.57. The van der Waals surface area contributed by atoms with Gasteiger partial charge in [0.25, 0.3) is 0 Å². The van der Waals surface area contributed by atoms with Crippen LogP contribution in [0.4, 0.5) is 4.79 Å². The summed E-state index contributed by atoms with van der Waals surface area (Å²) < 4.78 is 5.23. The van der Waals surface area contributed by atoms with Crippen LogP contribution in [0.3, 0.4) is 0 Å². The summed E-state index contributed by atoms with van der Waals surface area (Å²) in [5, 5.41) is 12.2. The first-order valence-corrected chi connectivity index (χ1v) is 7.72. The second kappa shape index (κ2) is 6.24. The van der Waals surface area contributed by atoms with Gasteiger partial charge in [0.2, 0.25) is 0 Å². The summed E-state index contributed by atoms with van der Waals surface area (Å²) >= 11 is 0. The molecule has 1 aliphatic rings. The molecule has 0 aliphatic heterocycles. The molecule has 1 aliphatic carbocycles. The van der Waals surface area contributed by atoms with Gasteiger partial charge in [-0.25, -0.2) is 4.79 Å². The fourth-order valence-electron chi connectivity index (χ4n) is 2.83. The van der Waals surface area contributed by atoms with Crippen molar-refractivity contribution in [3.8, 4) is 0 Å². The van der Waals surface area contributed by atoms with Crippen molar-refractivity contribution in [2.45, 2.75) is 72.3 Å². The molecule has 1 fully saturated rings. The first-order chi connectivity index (χ1) is 9.52. The van der Waals surface area contributed by atoms with Crippen LogP contribution in [-0.2, 0) is 9.53 Å². The van der Waals surface area contributed by atoms with Gasteiger partial charge in [-0.1, -0.05) is 13.8 Å². The number of aliphatic carboxylic acids is 1. The van der Waals surface area contributed by atoms with E-state index in [1.54, 1.807) is 0 Å². The zero-order chi connectivity index (χ0) is 16.3. The molecule has 0 aromatic carbocycles. The van der Waals surface area contributed by atoms with Crippen molar-refractivity contribution in [3.05, 3.63) is 0 Å². The molecule has 0 unspecified atom stereocenters. The van der Waals surface area contributed by atoms with E-state index in [0.29, 0.717) is 25.8 Å². The molecule has 21 heavy (non-hydrogen) atoms. The number of nitrogens with one attached hydrogen (secondary N) is 1. The van der Waals surface area contributed by atoms with Gasteiger partial charge in [-0.3, -0.25) is 4.79 Å². The second-order valence-corrected chi connectivity index (χ2v) is 7.61. The number of hydrogen-bond acceptors (Lipinski definition) is 3. The average molecular weight is 299 g/mol. The fourth-order valence-corrected chi connectivity index (χ4v) is 2.83. The lowest BCUT2D eigenvalue weighted by Gasteiger charge is -2.42. The molecule has 5 nitrogen and oxygen atoms in total. The van der Waals surface area contributed by atoms with Crippen molar-refractivity contribution < 1.29 is 19.4 Å². The normalized spacial score (nSPS) is 29.8. The summed E-state index contributed by atoms with van der Waals surface area (Å²) in [4.78, 5) is 23.2. The number of carboxylic acid groups (broad SMARTS) is 1. The van der Waals surface area contributed by atoms with Gasteiger partial charge in [-0.05, 0) is 58.3 Å². The third kappa shape index (κ3) is 4.90. The molecule has 122 valence electrons. The maximum atomic E-state index is 11.7. The Morgan fingerprint density at radius 1 is 1.19 bits per heavy atom. The van der Waals surface area contributed by atoms with Gasteiger partial charge >= 0.3 is 12.1 Å². The Hall–Kier alpha value is -1.26. The minimum Gasteiger partial charge on any atom is -0.481 e. The Kier molecular flexibility index (Phi) is 5.29. The molecule has 2 N–H and O–H groups in total. The summed E-state index contributed by atoms with van der Waals surface area (Å²) in [7, 11) is 0. The minimum absolute atomic E-state index is 0.0506. The SMILES string of the molecule is CC[C@]1(C(=O)O)CC[C@@](C)(CNC(=O)OC(C)(C)C)CC1. The molecule has 1 rings (SSSR count). The van der Waals surface area contributed by atoms with Gasteiger partial charge in [-0.2, -0.15) is 0 Å². The zero-order valence-electron chi connectivity index (χ0n) is 13.9. The molecule has 1 saturated carbocycles. The lowest BCUT2D eigenvalue weighted by molar-refractivity contribution is -0.152. The van der Waals surface area contributed by atoms with Gasteiger partial charge in [0.1, 0.15) is 5.60 Å². The molecular weight excluding hydrogens is 270 g/mol. The summed E-state index contributed by atoms with van der Waals surface area (Å²) in [6.07, 6.45) is 3.22. The van der Waals surface area contributed by atoms with E-state index in [-0.39, 0.29) is 5.41 Å². The Morgan fingerprint density at radius 3 is 2.10 bits per heavy atom.